The second kappa shape index (κ2) is 5.81. The minimum atomic E-state index is -4.58. The van der Waals surface area contributed by atoms with Crippen LogP contribution in [0.4, 0.5) is 17.6 Å². The van der Waals surface area contributed by atoms with Gasteiger partial charge in [0.15, 0.2) is 0 Å². The predicted molar refractivity (Wildman–Crippen MR) is 70.8 cm³/mol. The number of hydrogen-bond acceptors (Lipinski definition) is 1. The highest BCUT2D eigenvalue weighted by Gasteiger charge is 2.31. The van der Waals surface area contributed by atoms with E-state index in [-0.39, 0.29) is 5.56 Å². The maximum atomic E-state index is 13.7. The maximum Gasteiger partial charge on any atom is 0.416 e. The number of halogens is 4. The van der Waals surface area contributed by atoms with Crippen LogP contribution in [-0.4, -0.2) is 8.96 Å². The van der Waals surface area contributed by atoms with Crippen molar-refractivity contribution < 1.29 is 21.8 Å². The van der Waals surface area contributed by atoms with E-state index in [2.05, 4.69) is 4.72 Å². The Kier molecular flexibility index (Phi) is 4.97. The Bertz CT molecular complexity index is 508. The first-order valence-corrected chi connectivity index (χ1v) is 7.12. The predicted octanol–water partition coefficient (Wildman–Crippen LogP) is 3.96. The van der Waals surface area contributed by atoms with Gasteiger partial charge >= 0.3 is 6.18 Å². The van der Waals surface area contributed by atoms with Gasteiger partial charge in [-0.15, -0.1) is 0 Å². The Balaban J connectivity index is 2.96. The fraction of sp³-hybridized carbons (Fsp3) is 0.538. The van der Waals surface area contributed by atoms with Crippen LogP contribution in [0.25, 0.3) is 0 Å². The number of hydrogen-bond donors (Lipinski definition) is 1. The molecule has 20 heavy (non-hydrogen) atoms. The molecule has 0 amide bonds. The molecule has 0 heterocycles. The van der Waals surface area contributed by atoms with E-state index in [9.17, 15) is 21.8 Å². The van der Waals surface area contributed by atoms with E-state index < -0.39 is 39.3 Å². The lowest BCUT2D eigenvalue weighted by Crippen LogP contribution is -2.35. The zero-order valence-corrected chi connectivity index (χ0v) is 12.5. The first-order chi connectivity index (χ1) is 8.93. The Labute approximate surface area is 118 Å². The molecule has 1 rings (SSSR count). The largest absolute Gasteiger partial charge is 0.416 e. The SMILES string of the molecule is C[C@H](N[S@](=O)C(C)(C)C)c1ccc(C(F)(F)F)cc1F. The molecule has 0 fully saturated rings. The molecule has 2 nitrogen and oxygen atoms in total. The van der Waals surface area contributed by atoms with Crippen LogP contribution >= 0.6 is 0 Å². The Hall–Kier alpha value is -0.950. The third-order valence-electron chi connectivity index (χ3n) is 2.63. The third-order valence-corrected chi connectivity index (χ3v) is 4.31. The highest BCUT2D eigenvalue weighted by atomic mass is 32.2. The molecule has 0 aliphatic carbocycles. The van der Waals surface area contributed by atoms with Crippen LogP contribution in [0, 0.1) is 5.82 Å². The van der Waals surface area contributed by atoms with Gasteiger partial charge in [0.2, 0.25) is 0 Å². The summed E-state index contributed by atoms with van der Waals surface area (Å²) in [5.41, 5.74) is -0.988. The third kappa shape index (κ3) is 4.28. The summed E-state index contributed by atoms with van der Waals surface area (Å²) in [6.07, 6.45) is -4.58. The van der Waals surface area contributed by atoms with Crippen molar-refractivity contribution in [3.63, 3.8) is 0 Å². The van der Waals surface area contributed by atoms with Gasteiger partial charge in [-0.05, 0) is 39.8 Å². The standard InChI is InChI=1S/C13H17F4NOS/c1-8(18-20(19)12(2,3)4)10-6-5-9(7-11(10)14)13(15,16)17/h5-8,18H,1-4H3/t8-,20+/m0/s1. The summed E-state index contributed by atoms with van der Waals surface area (Å²) >= 11 is 0. The van der Waals surface area contributed by atoms with E-state index in [1.165, 1.54) is 0 Å². The van der Waals surface area contributed by atoms with E-state index >= 15 is 0 Å². The average Bonchev–Trinajstić information content (AvgIpc) is 2.25. The summed E-state index contributed by atoms with van der Waals surface area (Å²) in [6, 6.07) is 1.68. The summed E-state index contributed by atoms with van der Waals surface area (Å²) in [7, 11) is -1.44. The first-order valence-electron chi connectivity index (χ1n) is 5.97. The summed E-state index contributed by atoms with van der Waals surface area (Å²) < 4.78 is 65.1. The smallest absolute Gasteiger partial charge is 0.242 e. The van der Waals surface area contributed by atoms with Gasteiger partial charge in [0, 0.05) is 11.6 Å². The van der Waals surface area contributed by atoms with Gasteiger partial charge in [0.1, 0.15) is 5.82 Å². The van der Waals surface area contributed by atoms with Crippen molar-refractivity contribution >= 4 is 11.0 Å². The summed E-state index contributed by atoms with van der Waals surface area (Å²) in [5, 5.41) is 0. The van der Waals surface area contributed by atoms with Crippen molar-refractivity contribution in [1.29, 1.82) is 0 Å². The molecule has 1 aromatic rings. The summed E-state index contributed by atoms with van der Waals surface area (Å²) in [6.45, 7) is 6.78. The van der Waals surface area contributed by atoms with E-state index in [1.807, 2.05) is 0 Å². The number of alkyl halides is 3. The van der Waals surface area contributed by atoms with E-state index in [0.717, 1.165) is 12.1 Å². The van der Waals surface area contributed by atoms with E-state index in [4.69, 9.17) is 0 Å². The van der Waals surface area contributed by atoms with Crippen molar-refractivity contribution in [3.05, 3.63) is 35.1 Å². The van der Waals surface area contributed by atoms with E-state index in [1.54, 1.807) is 27.7 Å². The van der Waals surface area contributed by atoms with Crippen LogP contribution in [0.3, 0.4) is 0 Å². The monoisotopic (exact) mass is 311 g/mol. The lowest BCUT2D eigenvalue weighted by Gasteiger charge is -2.22. The molecular formula is C13H17F4NOS. The molecule has 0 aliphatic rings. The van der Waals surface area contributed by atoms with Crippen LogP contribution < -0.4 is 4.72 Å². The Morgan fingerprint density at radius 3 is 2.15 bits per heavy atom. The molecular weight excluding hydrogens is 294 g/mol. The van der Waals surface area contributed by atoms with Crippen molar-refractivity contribution in [3.8, 4) is 0 Å². The van der Waals surface area contributed by atoms with Gasteiger partial charge in [0.05, 0.1) is 21.3 Å². The lowest BCUT2D eigenvalue weighted by molar-refractivity contribution is -0.137. The van der Waals surface area contributed by atoms with Crippen molar-refractivity contribution in [2.24, 2.45) is 0 Å². The van der Waals surface area contributed by atoms with Gasteiger partial charge in [-0.3, -0.25) is 0 Å². The van der Waals surface area contributed by atoms with Crippen LogP contribution in [0.15, 0.2) is 18.2 Å². The van der Waals surface area contributed by atoms with Crippen LogP contribution in [0.5, 0.6) is 0 Å². The number of benzene rings is 1. The molecule has 1 aromatic carbocycles. The second-order valence-electron chi connectivity index (χ2n) is 5.45. The molecule has 0 saturated carbocycles. The lowest BCUT2D eigenvalue weighted by atomic mass is 10.1. The second-order valence-corrected chi connectivity index (χ2v) is 7.45. The summed E-state index contributed by atoms with van der Waals surface area (Å²) in [4.78, 5) is 0. The van der Waals surface area contributed by atoms with E-state index in [0.29, 0.717) is 6.07 Å². The highest BCUT2D eigenvalue weighted by molar-refractivity contribution is 7.84. The average molecular weight is 311 g/mol. The van der Waals surface area contributed by atoms with Crippen molar-refractivity contribution in [1.82, 2.24) is 4.72 Å². The molecule has 7 heteroatoms. The topological polar surface area (TPSA) is 29.1 Å². The molecule has 0 aliphatic heterocycles. The highest BCUT2D eigenvalue weighted by Crippen LogP contribution is 2.31. The molecule has 0 unspecified atom stereocenters. The van der Waals surface area contributed by atoms with Crippen LogP contribution in [-0.2, 0) is 17.2 Å². The molecule has 0 bridgehead atoms. The number of rotatable bonds is 3. The molecule has 0 spiro atoms. The quantitative estimate of drug-likeness (QED) is 0.841. The maximum absolute atomic E-state index is 13.7. The molecule has 0 aromatic heterocycles. The van der Waals surface area contributed by atoms with Gasteiger partial charge in [0.25, 0.3) is 0 Å². The number of nitrogens with one attached hydrogen (secondary N) is 1. The summed E-state index contributed by atoms with van der Waals surface area (Å²) in [5.74, 6) is -0.967. The Morgan fingerprint density at radius 1 is 1.20 bits per heavy atom. The van der Waals surface area contributed by atoms with Gasteiger partial charge in [-0.25, -0.2) is 13.3 Å². The normalized spacial score (nSPS) is 16.0. The zero-order valence-electron chi connectivity index (χ0n) is 11.6. The van der Waals surface area contributed by atoms with Crippen molar-refractivity contribution in [2.45, 2.75) is 44.7 Å². The minimum Gasteiger partial charge on any atom is -0.242 e. The minimum absolute atomic E-state index is 0.0515. The van der Waals surface area contributed by atoms with Crippen LogP contribution in [0.2, 0.25) is 0 Å². The molecule has 0 radical (unpaired) electrons. The van der Waals surface area contributed by atoms with Gasteiger partial charge in [-0.1, -0.05) is 6.07 Å². The molecule has 2 atom stereocenters. The van der Waals surface area contributed by atoms with Crippen molar-refractivity contribution in [2.75, 3.05) is 0 Å². The van der Waals surface area contributed by atoms with Gasteiger partial charge in [-0.2, -0.15) is 13.2 Å². The first kappa shape index (κ1) is 17.1. The molecule has 1 N–H and O–H groups in total. The van der Waals surface area contributed by atoms with Crippen LogP contribution in [0.1, 0.15) is 44.9 Å². The molecule has 0 saturated heterocycles. The fourth-order valence-electron chi connectivity index (χ4n) is 1.46. The fourth-order valence-corrected chi connectivity index (χ4v) is 2.26. The van der Waals surface area contributed by atoms with Gasteiger partial charge < -0.3 is 0 Å². The Morgan fingerprint density at radius 2 is 1.75 bits per heavy atom. The zero-order chi connectivity index (χ0) is 15.7. The molecule has 114 valence electrons.